The average molecular weight is 368 g/mol. The second-order valence-corrected chi connectivity index (χ2v) is 6.52. The molecule has 2 aromatic heterocycles. The summed E-state index contributed by atoms with van der Waals surface area (Å²) in [7, 11) is 1.57. The number of hydrogen-bond acceptors (Lipinski definition) is 7. The van der Waals surface area contributed by atoms with Gasteiger partial charge in [-0.05, 0) is 30.4 Å². The van der Waals surface area contributed by atoms with Crippen LogP contribution in [0.5, 0.6) is 12.0 Å². The number of aromatic nitrogens is 4. The number of fused-ring (bicyclic) bond motifs is 1. The van der Waals surface area contributed by atoms with E-state index >= 15 is 0 Å². The molecule has 1 aliphatic heterocycles. The van der Waals surface area contributed by atoms with Crippen molar-refractivity contribution in [3.05, 3.63) is 35.9 Å². The lowest BCUT2D eigenvalue weighted by Gasteiger charge is -2.21. The summed E-state index contributed by atoms with van der Waals surface area (Å²) >= 11 is 0. The van der Waals surface area contributed by atoms with E-state index in [4.69, 9.17) is 19.9 Å². The van der Waals surface area contributed by atoms with Gasteiger partial charge in [0, 0.05) is 13.2 Å². The summed E-state index contributed by atoms with van der Waals surface area (Å²) in [5.74, 6) is 0.722. The van der Waals surface area contributed by atoms with E-state index in [2.05, 4.69) is 21.0 Å². The quantitative estimate of drug-likeness (QED) is 0.711. The molecule has 27 heavy (non-hydrogen) atoms. The number of imidazole rings is 1. The summed E-state index contributed by atoms with van der Waals surface area (Å²) in [5, 5.41) is 0. The summed E-state index contributed by atoms with van der Waals surface area (Å²) in [6.45, 7) is 2.64. The molecule has 1 saturated heterocycles. The molecule has 1 aromatic carbocycles. The van der Waals surface area contributed by atoms with E-state index in [1.165, 1.54) is 0 Å². The molecule has 141 valence electrons. The van der Waals surface area contributed by atoms with Crippen LogP contribution in [0, 0.1) is 12.0 Å². The molecule has 0 bridgehead atoms. The second kappa shape index (κ2) is 7.79. The Morgan fingerprint density at radius 2 is 2.00 bits per heavy atom. The number of methoxy groups -OCH3 is 1. The number of rotatable bonds is 6. The third-order valence-electron chi connectivity index (χ3n) is 4.67. The van der Waals surface area contributed by atoms with Gasteiger partial charge in [0.2, 0.25) is 0 Å². The summed E-state index contributed by atoms with van der Waals surface area (Å²) in [6, 6.07) is 11.4. The molecule has 0 saturated carbocycles. The molecule has 3 heterocycles. The van der Waals surface area contributed by atoms with Crippen molar-refractivity contribution in [3.63, 3.8) is 0 Å². The minimum atomic E-state index is 0.261. The van der Waals surface area contributed by atoms with Crippen LogP contribution >= 0.6 is 0 Å². The smallest absolute Gasteiger partial charge is 0.320 e. The maximum Gasteiger partial charge on any atom is 0.320 e. The van der Waals surface area contributed by atoms with E-state index in [0.717, 1.165) is 31.6 Å². The monoisotopic (exact) mass is 368 g/mol. The van der Waals surface area contributed by atoms with Gasteiger partial charge >= 0.3 is 6.01 Å². The number of hydrogen-bond donors (Lipinski definition) is 1. The van der Waals surface area contributed by atoms with Crippen LogP contribution in [0.3, 0.4) is 0 Å². The fraction of sp³-hybridized carbons (Fsp3) is 0.421. The molecule has 0 aliphatic carbocycles. The van der Waals surface area contributed by atoms with Crippen molar-refractivity contribution in [1.29, 1.82) is 0 Å². The molecule has 8 heteroatoms. The molecule has 1 aliphatic rings. The predicted octanol–water partition coefficient (Wildman–Crippen LogP) is 2.07. The van der Waals surface area contributed by atoms with Gasteiger partial charge < -0.3 is 19.9 Å². The Morgan fingerprint density at radius 1 is 1.22 bits per heavy atom. The predicted molar refractivity (Wildman–Crippen MR) is 99.7 cm³/mol. The molecule has 0 amide bonds. The molecule has 0 spiro atoms. The second-order valence-electron chi connectivity index (χ2n) is 6.52. The van der Waals surface area contributed by atoms with Crippen molar-refractivity contribution in [3.8, 4) is 12.0 Å². The normalized spacial score (nSPS) is 15.1. The number of benzene rings is 1. The highest BCUT2D eigenvalue weighted by molar-refractivity contribution is 5.83. The lowest BCUT2D eigenvalue weighted by Crippen LogP contribution is -2.22. The minimum absolute atomic E-state index is 0.261. The van der Waals surface area contributed by atoms with Gasteiger partial charge in [-0.25, -0.2) is 0 Å². The van der Waals surface area contributed by atoms with Crippen LogP contribution in [0.4, 0.5) is 5.82 Å². The van der Waals surface area contributed by atoms with E-state index in [9.17, 15) is 0 Å². The van der Waals surface area contributed by atoms with Crippen molar-refractivity contribution < 1.29 is 14.2 Å². The number of nitrogen functional groups attached to an aromatic ring is 1. The van der Waals surface area contributed by atoms with E-state index in [1.807, 2.05) is 28.8 Å². The summed E-state index contributed by atoms with van der Waals surface area (Å²) in [5.41, 5.74) is 8.28. The van der Waals surface area contributed by atoms with Crippen LogP contribution in [-0.4, -0.2) is 46.4 Å². The lowest BCUT2D eigenvalue weighted by atomic mass is 10.0. The van der Waals surface area contributed by atoms with Crippen LogP contribution < -0.4 is 15.2 Å². The van der Waals surface area contributed by atoms with Crippen molar-refractivity contribution in [2.45, 2.75) is 19.4 Å². The highest BCUT2D eigenvalue weighted by atomic mass is 16.5. The van der Waals surface area contributed by atoms with Crippen molar-refractivity contribution in [2.24, 2.45) is 5.92 Å². The van der Waals surface area contributed by atoms with Crippen LogP contribution in [0.1, 0.15) is 18.4 Å². The molecule has 3 aromatic rings. The number of nitrogens with two attached hydrogens (primary N) is 1. The number of nitrogens with zero attached hydrogens (tertiary/aromatic N) is 4. The average Bonchev–Trinajstić information content (AvgIpc) is 3.06. The number of anilines is 1. The van der Waals surface area contributed by atoms with E-state index in [1.54, 1.807) is 7.11 Å². The molecule has 2 N–H and O–H groups in total. The summed E-state index contributed by atoms with van der Waals surface area (Å²) < 4.78 is 18.5. The largest absolute Gasteiger partial charge is 0.468 e. The lowest BCUT2D eigenvalue weighted by molar-refractivity contribution is 0.0483. The van der Waals surface area contributed by atoms with Gasteiger partial charge in [-0.15, -0.1) is 0 Å². The third kappa shape index (κ3) is 3.80. The Balaban J connectivity index is 1.63. The van der Waals surface area contributed by atoms with Crippen LogP contribution in [-0.2, 0) is 11.3 Å². The Bertz CT molecular complexity index is 907. The minimum Gasteiger partial charge on any atom is -0.468 e. The third-order valence-corrected chi connectivity index (χ3v) is 4.67. The molecule has 0 atom stereocenters. The molecule has 8 nitrogen and oxygen atoms in total. The van der Waals surface area contributed by atoms with Crippen LogP contribution in [0.2, 0.25) is 0 Å². The zero-order valence-electron chi connectivity index (χ0n) is 15.2. The van der Waals surface area contributed by atoms with Gasteiger partial charge in [0.25, 0.3) is 6.01 Å². The van der Waals surface area contributed by atoms with Crippen LogP contribution in [0.25, 0.3) is 11.2 Å². The van der Waals surface area contributed by atoms with Crippen molar-refractivity contribution >= 4 is 17.0 Å². The Labute approximate surface area is 157 Å². The van der Waals surface area contributed by atoms with Gasteiger partial charge in [-0.1, -0.05) is 24.3 Å². The molecular weight excluding hydrogens is 346 g/mol. The van der Waals surface area contributed by atoms with Gasteiger partial charge in [0.15, 0.2) is 17.0 Å². The molecule has 0 unspecified atom stereocenters. The Morgan fingerprint density at radius 3 is 2.74 bits per heavy atom. The van der Waals surface area contributed by atoms with E-state index in [0.29, 0.717) is 36.2 Å². The van der Waals surface area contributed by atoms with Crippen molar-refractivity contribution in [1.82, 2.24) is 19.5 Å². The zero-order valence-corrected chi connectivity index (χ0v) is 15.2. The molecule has 4 rings (SSSR count). The molecule has 1 fully saturated rings. The summed E-state index contributed by atoms with van der Waals surface area (Å²) in [6.07, 6.45) is 1.96. The first kappa shape index (κ1) is 17.5. The molecule has 1 radical (unpaired) electrons. The highest BCUT2D eigenvalue weighted by Crippen LogP contribution is 2.26. The fourth-order valence-corrected chi connectivity index (χ4v) is 3.16. The van der Waals surface area contributed by atoms with Gasteiger partial charge in [-0.2, -0.15) is 15.0 Å². The topological polar surface area (TPSA) is 97.3 Å². The maximum atomic E-state index is 6.11. The molecular formula is C19H22N5O3. The first-order valence-electron chi connectivity index (χ1n) is 8.98. The zero-order chi connectivity index (χ0) is 18.6. The van der Waals surface area contributed by atoms with Crippen LogP contribution in [0.15, 0.2) is 24.3 Å². The fourth-order valence-electron chi connectivity index (χ4n) is 3.16. The van der Waals surface area contributed by atoms with E-state index < -0.39 is 0 Å². The first-order chi connectivity index (χ1) is 13.2. The van der Waals surface area contributed by atoms with Gasteiger partial charge in [-0.3, -0.25) is 4.57 Å². The maximum absolute atomic E-state index is 6.11. The highest BCUT2D eigenvalue weighted by Gasteiger charge is 2.20. The SMILES string of the molecule is COc1nc2c(N)nc(OCC3CCOCC3)nc2n1Cc1cc[c]cc1. The number of ether oxygens (including phenoxy) is 3. The first-order valence-corrected chi connectivity index (χ1v) is 8.98. The standard InChI is InChI=1S/C19H22N5O3/c1-25-19-21-15-16(20)22-18(27-12-14-7-9-26-10-8-14)23-17(15)24(19)11-13-5-3-2-4-6-13/h3-6,14H,7-12H2,1H3,(H2,20,22,23). The summed E-state index contributed by atoms with van der Waals surface area (Å²) in [4.78, 5) is 13.2. The van der Waals surface area contributed by atoms with Gasteiger partial charge in [0.05, 0.1) is 20.3 Å². The Kier molecular flexibility index (Phi) is 5.06. The van der Waals surface area contributed by atoms with Gasteiger partial charge in [0.1, 0.15) is 0 Å². The van der Waals surface area contributed by atoms with Crippen molar-refractivity contribution in [2.75, 3.05) is 32.7 Å². The Hall–Kier alpha value is -2.87. The van der Waals surface area contributed by atoms with E-state index in [-0.39, 0.29) is 11.8 Å².